The third-order valence-corrected chi connectivity index (χ3v) is 5.33. The summed E-state index contributed by atoms with van der Waals surface area (Å²) in [5.41, 5.74) is 2.58. The Kier molecular flexibility index (Phi) is 4.72. The van der Waals surface area contributed by atoms with Crippen LogP contribution in [-0.2, 0) is 19.4 Å². The summed E-state index contributed by atoms with van der Waals surface area (Å²) in [6.45, 7) is 9.22. The van der Waals surface area contributed by atoms with Gasteiger partial charge in [-0.15, -0.1) is 0 Å². The van der Waals surface area contributed by atoms with Gasteiger partial charge >= 0.3 is 0 Å². The van der Waals surface area contributed by atoms with E-state index in [-0.39, 0.29) is 0 Å². The number of fused-ring (bicyclic) bond motifs is 1. The van der Waals surface area contributed by atoms with E-state index >= 15 is 0 Å². The Balaban J connectivity index is 1.48. The lowest BCUT2D eigenvalue weighted by atomic mass is 10.1. The molecule has 25 heavy (non-hydrogen) atoms. The molecule has 4 heterocycles. The first-order chi connectivity index (χ1) is 12.2. The maximum Gasteiger partial charge on any atom is 0.135 e. The standard InChI is InChI=1S/C19H27N5O/c1-15-3-4-16(25-15)13-23-7-5-17-18(6-8-23)20-14-21-19(17)24-11-9-22(2)10-12-24/h3-4,14H,5-13H2,1-2H3. The number of hydrogen-bond donors (Lipinski definition) is 0. The van der Waals surface area contributed by atoms with E-state index in [1.807, 2.05) is 13.0 Å². The van der Waals surface area contributed by atoms with Crippen molar-refractivity contribution in [1.29, 1.82) is 0 Å². The average Bonchev–Trinajstić information content (AvgIpc) is 2.91. The molecule has 2 aliphatic rings. The number of furan rings is 1. The minimum Gasteiger partial charge on any atom is -0.465 e. The van der Waals surface area contributed by atoms with Crippen LogP contribution in [0.1, 0.15) is 22.8 Å². The molecule has 0 amide bonds. The van der Waals surface area contributed by atoms with Crippen LogP contribution in [0.15, 0.2) is 22.9 Å². The number of rotatable bonds is 3. The zero-order valence-electron chi connectivity index (χ0n) is 15.2. The number of hydrogen-bond acceptors (Lipinski definition) is 6. The van der Waals surface area contributed by atoms with E-state index in [1.165, 1.54) is 11.3 Å². The highest BCUT2D eigenvalue weighted by molar-refractivity contribution is 5.49. The van der Waals surface area contributed by atoms with Gasteiger partial charge in [0.05, 0.1) is 12.2 Å². The van der Waals surface area contributed by atoms with Crippen LogP contribution >= 0.6 is 0 Å². The molecule has 6 nitrogen and oxygen atoms in total. The summed E-state index contributed by atoms with van der Waals surface area (Å²) in [6.07, 6.45) is 3.74. The minimum atomic E-state index is 0.874. The van der Waals surface area contributed by atoms with Crippen LogP contribution in [0.2, 0.25) is 0 Å². The summed E-state index contributed by atoms with van der Waals surface area (Å²) in [5.74, 6) is 3.19. The summed E-state index contributed by atoms with van der Waals surface area (Å²) >= 11 is 0. The quantitative estimate of drug-likeness (QED) is 0.847. The lowest BCUT2D eigenvalue weighted by Crippen LogP contribution is -2.45. The Bertz CT molecular complexity index is 720. The van der Waals surface area contributed by atoms with Crippen molar-refractivity contribution in [2.75, 3.05) is 51.2 Å². The topological polar surface area (TPSA) is 48.6 Å². The molecule has 2 aliphatic heterocycles. The Hall–Kier alpha value is -1.92. The van der Waals surface area contributed by atoms with E-state index in [1.54, 1.807) is 6.33 Å². The van der Waals surface area contributed by atoms with E-state index in [0.29, 0.717) is 0 Å². The largest absolute Gasteiger partial charge is 0.465 e. The second-order valence-corrected chi connectivity index (χ2v) is 7.20. The van der Waals surface area contributed by atoms with Crippen molar-refractivity contribution < 1.29 is 4.42 Å². The van der Waals surface area contributed by atoms with Gasteiger partial charge in [-0.1, -0.05) is 0 Å². The fourth-order valence-electron chi connectivity index (χ4n) is 3.79. The Morgan fingerprint density at radius 1 is 1.00 bits per heavy atom. The van der Waals surface area contributed by atoms with Crippen molar-refractivity contribution in [3.8, 4) is 0 Å². The SMILES string of the molecule is Cc1ccc(CN2CCc3ncnc(N4CCN(C)CC4)c3CC2)o1. The Morgan fingerprint density at radius 2 is 1.80 bits per heavy atom. The van der Waals surface area contributed by atoms with E-state index in [9.17, 15) is 0 Å². The number of piperazine rings is 1. The summed E-state index contributed by atoms with van der Waals surface area (Å²) in [7, 11) is 2.19. The zero-order chi connectivity index (χ0) is 17.2. The zero-order valence-corrected chi connectivity index (χ0v) is 15.2. The van der Waals surface area contributed by atoms with Gasteiger partial charge in [-0.2, -0.15) is 0 Å². The lowest BCUT2D eigenvalue weighted by Gasteiger charge is -2.34. The minimum absolute atomic E-state index is 0.874. The molecule has 0 unspecified atom stereocenters. The Morgan fingerprint density at radius 3 is 2.56 bits per heavy atom. The third-order valence-electron chi connectivity index (χ3n) is 5.33. The van der Waals surface area contributed by atoms with Crippen LogP contribution < -0.4 is 4.90 Å². The van der Waals surface area contributed by atoms with Gasteiger partial charge in [-0.3, -0.25) is 4.90 Å². The molecule has 0 spiro atoms. The molecule has 1 saturated heterocycles. The first-order valence-corrected chi connectivity index (χ1v) is 9.23. The van der Waals surface area contributed by atoms with Gasteiger partial charge < -0.3 is 14.2 Å². The molecule has 0 saturated carbocycles. The molecule has 0 N–H and O–H groups in total. The first-order valence-electron chi connectivity index (χ1n) is 9.23. The number of aryl methyl sites for hydroxylation is 1. The van der Waals surface area contributed by atoms with Gasteiger partial charge in [0.2, 0.25) is 0 Å². The predicted molar refractivity (Wildman–Crippen MR) is 97.9 cm³/mol. The number of anilines is 1. The molecule has 4 rings (SSSR count). The monoisotopic (exact) mass is 341 g/mol. The van der Waals surface area contributed by atoms with E-state index in [4.69, 9.17) is 4.42 Å². The number of aromatic nitrogens is 2. The highest BCUT2D eigenvalue weighted by Crippen LogP contribution is 2.25. The van der Waals surface area contributed by atoms with E-state index < -0.39 is 0 Å². The lowest BCUT2D eigenvalue weighted by molar-refractivity contribution is 0.253. The van der Waals surface area contributed by atoms with Crippen molar-refractivity contribution in [1.82, 2.24) is 19.8 Å². The molecule has 0 bridgehead atoms. The molecule has 6 heteroatoms. The second kappa shape index (κ2) is 7.14. The maximum absolute atomic E-state index is 5.75. The predicted octanol–water partition coefficient (Wildman–Crippen LogP) is 1.73. The highest BCUT2D eigenvalue weighted by Gasteiger charge is 2.23. The molecule has 0 atom stereocenters. The summed E-state index contributed by atoms with van der Waals surface area (Å²) in [4.78, 5) is 16.5. The fraction of sp³-hybridized carbons (Fsp3) is 0.579. The van der Waals surface area contributed by atoms with Gasteiger partial charge in [0.25, 0.3) is 0 Å². The van der Waals surface area contributed by atoms with Crippen LogP contribution in [0.25, 0.3) is 0 Å². The molecule has 134 valence electrons. The van der Waals surface area contributed by atoms with Crippen molar-refractivity contribution in [3.63, 3.8) is 0 Å². The number of likely N-dealkylation sites (N-methyl/N-ethyl adjacent to an activating group) is 1. The highest BCUT2D eigenvalue weighted by atomic mass is 16.3. The smallest absolute Gasteiger partial charge is 0.135 e. The molecule has 0 aromatic carbocycles. The second-order valence-electron chi connectivity index (χ2n) is 7.20. The molecule has 2 aromatic rings. The summed E-state index contributed by atoms with van der Waals surface area (Å²) < 4.78 is 5.75. The summed E-state index contributed by atoms with van der Waals surface area (Å²) in [6, 6.07) is 4.13. The average molecular weight is 341 g/mol. The molecular formula is C19H27N5O. The van der Waals surface area contributed by atoms with Crippen molar-refractivity contribution in [2.45, 2.75) is 26.3 Å². The van der Waals surface area contributed by atoms with Crippen molar-refractivity contribution >= 4 is 5.82 Å². The molecule has 1 fully saturated rings. The number of nitrogens with zero attached hydrogens (tertiary/aromatic N) is 5. The van der Waals surface area contributed by atoms with Crippen LogP contribution in [0.3, 0.4) is 0 Å². The molecule has 0 radical (unpaired) electrons. The van der Waals surface area contributed by atoms with Crippen molar-refractivity contribution in [3.05, 3.63) is 41.2 Å². The maximum atomic E-state index is 5.75. The fourth-order valence-corrected chi connectivity index (χ4v) is 3.79. The van der Waals surface area contributed by atoms with E-state index in [0.717, 1.165) is 76.0 Å². The van der Waals surface area contributed by atoms with Gasteiger partial charge in [0, 0.05) is 51.3 Å². The van der Waals surface area contributed by atoms with Gasteiger partial charge in [0.15, 0.2) is 0 Å². The molecule has 0 aliphatic carbocycles. The van der Waals surface area contributed by atoms with Crippen molar-refractivity contribution in [2.24, 2.45) is 0 Å². The van der Waals surface area contributed by atoms with Gasteiger partial charge in [-0.05, 0) is 32.5 Å². The summed E-state index contributed by atoms with van der Waals surface area (Å²) in [5, 5.41) is 0. The molecular weight excluding hydrogens is 314 g/mol. The van der Waals surface area contributed by atoms with E-state index in [2.05, 4.69) is 37.8 Å². The van der Waals surface area contributed by atoms with Crippen LogP contribution in [0, 0.1) is 6.92 Å². The van der Waals surface area contributed by atoms with Crippen LogP contribution in [-0.4, -0.2) is 66.1 Å². The third kappa shape index (κ3) is 3.70. The van der Waals surface area contributed by atoms with Crippen LogP contribution in [0.5, 0.6) is 0 Å². The Labute approximate surface area is 149 Å². The first kappa shape index (κ1) is 16.5. The van der Waals surface area contributed by atoms with Gasteiger partial charge in [0.1, 0.15) is 23.7 Å². The normalized spacial score (nSPS) is 19.7. The van der Waals surface area contributed by atoms with Crippen LogP contribution in [0.4, 0.5) is 5.82 Å². The van der Waals surface area contributed by atoms with Gasteiger partial charge in [-0.25, -0.2) is 9.97 Å². The molecule has 2 aromatic heterocycles.